The molecule has 0 radical (unpaired) electrons. The lowest BCUT2D eigenvalue weighted by Gasteiger charge is -2.04. The van der Waals surface area contributed by atoms with E-state index in [-0.39, 0.29) is 0 Å². The lowest BCUT2D eigenvalue weighted by Crippen LogP contribution is -1.95. The molecule has 2 rings (SSSR count). The number of unbranched alkanes of at least 4 members (excludes halogenated alkanes) is 3. The highest BCUT2D eigenvalue weighted by Gasteiger charge is 2.06. The number of hydrogen-bond acceptors (Lipinski definition) is 4. The number of nitrogens with two attached hydrogens (primary N) is 2. The first-order valence-corrected chi connectivity index (χ1v) is 8.97. The van der Waals surface area contributed by atoms with Gasteiger partial charge in [0.05, 0.1) is 11.9 Å². The highest BCUT2D eigenvalue weighted by atomic mass is 16.1. The lowest BCUT2D eigenvalue weighted by molar-refractivity contribution is -0.118. The Balaban J connectivity index is 1.84. The van der Waals surface area contributed by atoms with Crippen LogP contribution < -0.4 is 11.5 Å². The van der Waals surface area contributed by atoms with Crippen LogP contribution >= 0.6 is 0 Å². The number of hydrogen-bond donors (Lipinski definition) is 3. The van der Waals surface area contributed by atoms with Crippen LogP contribution in [0, 0.1) is 0 Å². The molecule has 0 aliphatic rings. The van der Waals surface area contributed by atoms with Crippen LogP contribution in [0.3, 0.4) is 0 Å². The fraction of sp³-hybridized carbons (Fsp3) is 0.400. The fourth-order valence-electron chi connectivity index (χ4n) is 2.77. The van der Waals surface area contributed by atoms with Crippen LogP contribution in [0.4, 0.5) is 5.69 Å². The van der Waals surface area contributed by atoms with E-state index in [0.29, 0.717) is 17.9 Å². The summed E-state index contributed by atoms with van der Waals surface area (Å²) in [5, 5.41) is 0. The van der Waals surface area contributed by atoms with E-state index in [0.717, 1.165) is 61.2 Å². The third kappa shape index (κ3) is 5.78. The number of Topliss-reactive ketones (excluding diaryl/α,β-unsaturated/α-hetero) is 1. The third-order valence-electron chi connectivity index (χ3n) is 4.32. The number of H-pyrrole nitrogens is 1. The Labute approximate surface area is 149 Å². The molecule has 134 valence electrons. The maximum atomic E-state index is 11.3. The molecule has 0 saturated heterocycles. The Morgan fingerprint density at radius 3 is 2.80 bits per heavy atom. The first-order chi connectivity index (χ1) is 12.1. The smallest absolute Gasteiger partial charge is 0.132 e. The number of imidazole rings is 1. The predicted molar refractivity (Wildman–Crippen MR) is 104 cm³/mol. The van der Waals surface area contributed by atoms with E-state index < -0.39 is 0 Å². The molecule has 5 nitrogen and oxygen atoms in total. The van der Waals surface area contributed by atoms with Crippen LogP contribution in [0.15, 0.2) is 30.6 Å². The van der Waals surface area contributed by atoms with E-state index in [1.165, 1.54) is 6.20 Å². The number of nitrogen functional groups attached to an aromatic ring is 1. The maximum absolute atomic E-state index is 11.3. The van der Waals surface area contributed by atoms with Gasteiger partial charge in [-0.1, -0.05) is 25.8 Å². The van der Waals surface area contributed by atoms with Gasteiger partial charge in [-0.3, -0.25) is 4.79 Å². The summed E-state index contributed by atoms with van der Waals surface area (Å²) in [6.45, 7) is 1.92. The molecule has 2 aromatic rings. The monoisotopic (exact) mass is 340 g/mol. The van der Waals surface area contributed by atoms with Crippen LogP contribution in [0.1, 0.15) is 56.8 Å². The molecule has 0 amide bonds. The SMILES string of the molecule is CCC(=O)CCCCCCc1ncc(-c2ccc(N)c(/C=C\N)c2)[nH]1. The van der Waals surface area contributed by atoms with Gasteiger partial charge in [-0.25, -0.2) is 4.98 Å². The average molecular weight is 340 g/mol. The molecule has 1 heterocycles. The van der Waals surface area contributed by atoms with E-state index in [9.17, 15) is 4.79 Å². The van der Waals surface area contributed by atoms with Gasteiger partial charge in [0.25, 0.3) is 0 Å². The number of nitrogens with one attached hydrogen (secondary N) is 1. The van der Waals surface area contributed by atoms with E-state index in [1.54, 1.807) is 6.08 Å². The molecule has 0 saturated carbocycles. The van der Waals surface area contributed by atoms with Crippen molar-refractivity contribution in [1.29, 1.82) is 0 Å². The molecule has 5 N–H and O–H groups in total. The van der Waals surface area contributed by atoms with Gasteiger partial charge in [-0.2, -0.15) is 0 Å². The summed E-state index contributed by atoms with van der Waals surface area (Å²) in [6, 6.07) is 5.86. The first-order valence-electron chi connectivity index (χ1n) is 8.97. The van der Waals surface area contributed by atoms with Crippen molar-refractivity contribution < 1.29 is 4.79 Å². The molecular weight excluding hydrogens is 312 g/mol. The Kier molecular flexibility index (Phi) is 7.26. The van der Waals surface area contributed by atoms with Crippen molar-refractivity contribution >= 4 is 17.5 Å². The highest BCUT2D eigenvalue weighted by molar-refractivity contribution is 5.77. The Bertz CT molecular complexity index is 718. The highest BCUT2D eigenvalue weighted by Crippen LogP contribution is 2.23. The van der Waals surface area contributed by atoms with Crippen molar-refractivity contribution in [3.63, 3.8) is 0 Å². The molecule has 0 aliphatic carbocycles. The topological polar surface area (TPSA) is 97.8 Å². The number of ketones is 1. The zero-order valence-corrected chi connectivity index (χ0v) is 14.9. The van der Waals surface area contributed by atoms with E-state index >= 15 is 0 Å². The molecule has 5 heteroatoms. The molecule has 0 unspecified atom stereocenters. The van der Waals surface area contributed by atoms with E-state index in [4.69, 9.17) is 11.5 Å². The minimum absolute atomic E-state index is 0.364. The summed E-state index contributed by atoms with van der Waals surface area (Å²) >= 11 is 0. The number of rotatable bonds is 10. The number of nitrogens with zero attached hydrogens (tertiary/aromatic N) is 1. The largest absolute Gasteiger partial charge is 0.405 e. The summed E-state index contributed by atoms with van der Waals surface area (Å²) in [5.74, 6) is 1.36. The standard InChI is InChI=1S/C20H28N4O/c1-2-17(25)7-5-3-4-6-8-20-23-14-19(24-20)16-9-10-18(22)15(13-16)11-12-21/h9-14H,2-8,21-22H2,1H3,(H,23,24)/b12-11-. The molecular formula is C20H28N4O. The van der Waals surface area contributed by atoms with E-state index in [2.05, 4.69) is 9.97 Å². The van der Waals surface area contributed by atoms with Crippen molar-refractivity contribution in [1.82, 2.24) is 9.97 Å². The fourth-order valence-corrected chi connectivity index (χ4v) is 2.77. The zero-order valence-electron chi connectivity index (χ0n) is 14.9. The normalized spacial score (nSPS) is 11.2. The molecule has 0 bridgehead atoms. The van der Waals surface area contributed by atoms with Gasteiger partial charge >= 0.3 is 0 Å². The number of anilines is 1. The van der Waals surface area contributed by atoms with Crippen molar-refractivity contribution in [2.45, 2.75) is 51.9 Å². The van der Waals surface area contributed by atoms with Crippen LogP contribution in [0.25, 0.3) is 17.3 Å². The Hall–Kier alpha value is -2.56. The molecule has 0 aliphatic heterocycles. The van der Waals surface area contributed by atoms with Gasteiger partial charge < -0.3 is 16.5 Å². The summed E-state index contributed by atoms with van der Waals surface area (Å²) in [7, 11) is 0. The first kappa shape index (κ1) is 18.8. The van der Waals surface area contributed by atoms with Crippen LogP contribution in [0.2, 0.25) is 0 Å². The average Bonchev–Trinajstić information content (AvgIpc) is 3.08. The van der Waals surface area contributed by atoms with E-state index in [1.807, 2.05) is 31.3 Å². The molecule has 0 spiro atoms. The maximum Gasteiger partial charge on any atom is 0.132 e. The summed E-state index contributed by atoms with van der Waals surface area (Å²) in [6.07, 6.45) is 11.7. The van der Waals surface area contributed by atoms with Crippen LogP contribution in [-0.2, 0) is 11.2 Å². The van der Waals surface area contributed by atoms with Crippen LogP contribution in [0.5, 0.6) is 0 Å². The number of carbonyl (C=O) groups excluding carboxylic acids is 1. The summed E-state index contributed by atoms with van der Waals surface area (Å²) in [4.78, 5) is 19.1. The van der Waals surface area contributed by atoms with Crippen molar-refractivity contribution in [3.05, 3.63) is 42.0 Å². The lowest BCUT2D eigenvalue weighted by atomic mass is 10.1. The van der Waals surface area contributed by atoms with Gasteiger partial charge in [-0.05, 0) is 42.8 Å². The number of carbonyl (C=O) groups is 1. The zero-order chi connectivity index (χ0) is 18.1. The van der Waals surface area contributed by atoms with Gasteiger partial charge in [0.1, 0.15) is 11.6 Å². The van der Waals surface area contributed by atoms with Crippen molar-refractivity contribution in [2.75, 3.05) is 5.73 Å². The van der Waals surface area contributed by atoms with Gasteiger partial charge in [0.15, 0.2) is 0 Å². The Morgan fingerprint density at radius 1 is 1.24 bits per heavy atom. The van der Waals surface area contributed by atoms with Gasteiger partial charge in [0, 0.05) is 30.5 Å². The molecule has 1 aromatic heterocycles. The van der Waals surface area contributed by atoms with Gasteiger partial charge in [-0.15, -0.1) is 0 Å². The number of aromatic nitrogens is 2. The molecule has 25 heavy (non-hydrogen) atoms. The third-order valence-corrected chi connectivity index (χ3v) is 4.32. The Morgan fingerprint density at radius 2 is 2.04 bits per heavy atom. The summed E-state index contributed by atoms with van der Waals surface area (Å²) in [5.41, 5.74) is 15.0. The summed E-state index contributed by atoms with van der Waals surface area (Å²) < 4.78 is 0. The molecule has 0 fully saturated rings. The second-order valence-corrected chi connectivity index (χ2v) is 6.25. The van der Waals surface area contributed by atoms with Crippen LogP contribution in [-0.4, -0.2) is 15.8 Å². The number of aromatic amines is 1. The predicted octanol–water partition coefficient (Wildman–Crippen LogP) is 4.06. The molecule has 1 aromatic carbocycles. The molecule has 0 atom stereocenters. The minimum atomic E-state index is 0.364. The second kappa shape index (κ2) is 9.67. The van der Waals surface area contributed by atoms with Crippen molar-refractivity contribution in [2.24, 2.45) is 5.73 Å². The number of aryl methyl sites for hydroxylation is 1. The minimum Gasteiger partial charge on any atom is -0.405 e. The van der Waals surface area contributed by atoms with Gasteiger partial charge in [0.2, 0.25) is 0 Å². The van der Waals surface area contributed by atoms with Crippen molar-refractivity contribution in [3.8, 4) is 11.3 Å². The second-order valence-electron chi connectivity index (χ2n) is 6.25. The quantitative estimate of drug-likeness (QED) is 0.449. The number of benzene rings is 1.